The van der Waals surface area contributed by atoms with Crippen LogP contribution in [0.25, 0.3) is 0 Å². The Morgan fingerprint density at radius 1 is 1.19 bits per heavy atom. The van der Waals surface area contributed by atoms with Gasteiger partial charge in [0.1, 0.15) is 0 Å². The maximum absolute atomic E-state index is 12.8. The fourth-order valence-corrected chi connectivity index (χ4v) is 2.38. The Morgan fingerprint density at radius 2 is 1.95 bits per heavy atom. The van der Waals surface area contributed by atoms with Gasteiger partial charge in [-0.05, 0) is 62.2 Å². The van der Waals surface area contributed by atoms with Crippen molar-refractivity contribution in [1.29, 1.82) is 0 Å². The summed E-state index contributed by atoms with van der Waals surface area (Å²) in [6.45, 7) is 6.54. The monoisotopic (exact) mass is 283 g/mol. The van der Waals surface area contributed by atoms with E-state index in [1.54, 1.807) is 4.90 Å². The van der Waals surface area contributed by atoms with Crippen LogP contribution in [-0.2, 0) is 0 Å². The van der Waals surface area contributed by atoms with Gasteiger partial charge in [0, 0.05) is 23.5 Å². The molecule has 0 atom stereocenters. The molecule has 0 saturated carbocycles. The molecule has 0 spiro atoms. The Bertz CT molecular complexity index is 652. The minimum atomic E-state index is 0.00386. The van der Waals surface area contributed by atoms with Crippen molar-refractivity contribution in [1.82, 2.24) is 0 Å². The normalized spacial score (nSPS) is 10.3. The number of carbonyl (C=O) groups excluding carboxylic acids is 1. The first kappa shape index (κ1) is 15.1. The Hall–Kier alpha value is -2.33. The Morgan fingerprint density at radius 3 is 2.52 bits per heavy atom. The number of nitrogens with zero attached hydrogens (tertiary/aromatic N) is 1. The highest BCUT2D eigenvalue weighted by Crippen LogP contribution is 2.21. The van der Waals surface area contributed by atoms with Gasteiger partial charge in [-0.25, -0.2) is 0 Å². The molecule has 0 aliphatic heterocycles. The number of nitrogens with one attached hydrogen (secondary N) is 1. The number of hydrogen-bond donors (Lipinski definition) is 2. The standard InChI is InChI=1S/C17H21N3O/c1-4-20(15-7-5-6-12(2)10-15)17(21)16-9-8-14(19-18)11-13(16)3/h5-11,19H,4,18H2,1-3H3. The van der Waals surface area contributed by atoms with Gasteiger partial charge in [0.25, 0.3) is 5.91 Å². The molecule has 2 aromatic rings. The van der Waals surface area contributed by atoms with Gasteiger partial charge in [0.15, 0.2) is 0 Å². The number of rotatable bonds is 4. The maximum Gasteiger partial charge on any atom is 0.258 e. The van der Waals surface area contributed by atoms with Gasteiger partial charge in [-0.15, -0.1) is 0 Å². The van der Waals surface area contributed by atoms with E-state index in [4.69, 9.17) is 5.84 Å². The van der Waals surface area contributed by atoms with Crippen molar-refractivity contribution in [2.75, 3.05) is 16.9 Å². The van der Waals surface area contributed by atoms with E-state index in [0.29, 0.717) is 12.1 Å². The van der Waals surface area contributed by atoms with Gasteiger partial charge in [0.2, 0.25) is 0 Å². The largest absolute Gasteiger partial charge is 0.324 e. The molecule has 3 N–H and O–H groups in total. The second kappa shape index (κ2) is 6.41. The molecule has 0 radical (unpaired) electrons. The molecule has 4 nitrogen and oxygen atoms in total. The fraction of sp³-hybridized carbons (Fsp3) is 0.235. The lowest BCUT2D eigenvalue weighted by molar-refractivity contribution is 0.0988. The number of hydrogen-bond acceptors (Lipinski definition) is 3. The highest BCUT2D eigenvalue weighted by molar-refractivity contribution is 6.07. The van der Waals surface area contributed by atoms with Gasteiger partial charge in [-0.1, -0.05) is 12.1 Å². The Balaban J connectivity index is 2.37. The molecule has 4 heteroatoms. The molecule has 0 unspecified atom stereocenters. The number of hydrazine groups is 1. The molecule has 0 saturated heterocycles. The van der Waals surface area contributed by atoms with E-state index < -0.39 is 0 Å². The first-order chi connectivity index (χ1) is 10.1. The summed E-state index contributed by atoms with van der Waals surface area (Å²) in [6, 6.07) is 13.5. The van der Waals surface area contributed by atoms with Crippen LogP contribution in [0.15, 0.2) is 42.5 Å². The third kappa shape index (κ3) is 3.23. The van der Waals surface area contributed by atoms with Crippen molar-refractivity contribution >= 4 is 17.3 Å². The van der Waals surface area contributed by atoms with Crippen molar-refractivity contribution in [3.05, 3.63) is 59.2 Å². The van der Waals surface area contributed by atoms with Crippen LogP contribution in [0.4, 0.5) is 11.4 Å². The number of anilines is 2. The number of benzene rings is 2. The Labute approximate surface area is 125 Å². The molecule has 0 heterocycles. The summed E-state index contributed by atoms with van der Waals surface area (Å²) in [4.78, 5) is 14.6. The minimum Gasteiger partial charge on any atom is -0.324 e. The molecule has 0 aromatic heterocycles. The average Bonchev–Trinajstić information content (AvgIpc) is 2.47. The zero-order valence-electron chi connectivity index (χ0n) is 12.7. The zero-order chi connectivity index (χ0) is 15.4. The van der Waals surface area contributed by atoms with E-state index >= 15 is 0 Å². The molecule has 0 bridgehead atoms. The van der Waals surface area contributed by atoms with Gasteiger partial charge in [0.05, 0.1) is 0 Å². The van der Waals surface area contributed by atoms with E-state index in [1.807, 2.05) is 63.2 Å². The summed E-state index contributed by atoms with van der Waals surface area (Å²) in [5, 5.41) is 0. The summed E-state index contributed by atoms with van der Waals surface area (Å²) in [5.41, 5.74) is 7.04. The first-order valence-corrected chi connectivity index (χ1v) is 7.02. The van der Waals surface area contributed by atoms with E-state index in [2.05, 4.69) is 5.43 Å². The third-order valence-electron chi connectivity index (χ3n) is 3.50. The number of aryl methyl sites for hydroxylation is 2. The van der Waals surface area contributed by atoms with Crippen molar-refractivity contribution in [2.45, 2.75) is 20.8 Å². The quantitative estimate of drug-likeness (QED) is 0.669. The molecule has 2 aromatic carbocycles. The lowest BCUT2D eigenvalue weighted by atomic mass is 10.1. The molecular formula is C17H21N3O. The van der Waals surface area contributed by atoms with Gasteiger partial charge in [-0.2, -0.15) is 0 Å². The summed E-state index contributed by atoms with van der Waals surface area (Å²) in [5.74, 6) is 5.40. The smallest absolute Gasteiger partial charge is 0.258 e. The zero-order valence-corrected chi connectivity index (χ0v) is 12.7. The van der Waals surface area contributed by atoms with Crippen molar-refractivity contribution < 1.29 is 4.79 Å². The van der Waals surface area contributed by atoms with Crippen LogP contribution in [0.2, 0.25) is 0 Å². The highest BCUT2D eigenvalue weighted by atomic mass is 16.2. The second-order valence-corrected chi connectivity index (χ2v) is 5.06. The Kier molecular flexibility index (Phi) is 4.60. The van der Waals surface area contributed by atoms with Gasteiger partial charge >= 0.3 is 0 Å². The van der Waals surface area contributed by atoms with Crippen LogP contribution >= 0.6 is 0 Å². The maximum atomic E-state index is 12.8. The SMILES string of the molecule is CCN(C(=O)c1ccc(NN)cc1C)c1cccc(C)c1. The van der Waals surface area contributed by atoms with Crippen molar-refractivity contribution in [3.63, 3.8) is 0 Å². The molecule has 0 aliphatic carbocycles. The summed E-state index contributed by atoms with van der Waals surface area (Å²) in [7, 11) is 0. The average molecular weight is 283 g/mol. The second-order valence-electron chi connectivity index (χ2n) is 5.06. The van der Waals surface area contributed by atoms with Crippen LogP contribution in [0.1, 0.15) is 28.4 Å². The molecule has 21 heavy (non-hydrogen) atoms. The van der Waals surface area contributed by atoms with Gasteiger partial charge < -0.3 is 10.3 Å². The number of carbonyl (C=O) groups is 1. The predicted molar refractivity (Wildman–Crippen MR) is 87.5 cm³/mol. The lowest BCUT2D eigenvalue weighted by Crippen LogP contribution is -2.31. The van der Waals surface area contributed by atoms with Crippen molar-refractivity contribution in [2.24, 2.45) is 5.84 Å². The molecular weight excluding hydrogens is 262 g/mol. The number of amides is 1. The third-order valence-corrected chi connectivity index (χ3v) is 3.50. The molecule has 2 rings (SSSR count). The van der Waals surface area contributed by atoms with E-state index in [9.17, 15) is 4.79 Å². The van der Waals surface area contributed by atoms with Crippen LogP contribution in [-0.4, -0.2) is 12.5 Å². The lowest BCUT2D eigenvalue weighted by Gasteiger charge is -2.22. The van der Waals surface area contributed by atoms with E-state index in [-0.39, 0.29) is 5.91 Å². The van der Waals surface area contributed by atoms with Crippen LogP contribution in [0, 0.1) is 13.8 Å². The first-order valence-electron chi connectivity index (χ1n) is 7.02. The minimum absolute atomic E-state index is 0.00386. The number of nitrogen functional groups attached to an aromatic ring is 1. The molecule has 0 aliphatic rings. The van der Waals surface area contributed by atoms with Crippen LogP contribution in [0.5, 0.6) is 0 Å². The van der Waals surface area contributed by atoms with Crippen LogP contribution in [0.3, 0.4) is 0 Å². The van der Waals surface area contributed by atoms with Gasteiger partial charge in [-0.3, -0.25) is 10.6 Å². The summed E-state index contributed by atoms with van der Waals surface area (Å²) >= 11 is 0. The topological polar surface area (TPSA) is 58.4 Å². The van der Waals surface area contributed by atoms with E-state index in [0.717, 1.165) is 22.5 Å². The highest BCUT2D eigenvalue weighted by Gasteiger charge is 2.18. The summed E-state index contributed by atoms with van der Waals surface area (Å²) in [6.07, 6.45) is 0. The summed E-state index contributed by atoms with van der Waals surface area (Å²) < 4.78 is 0. The van der Waals surface area contributed by atoms with Crippen LogP contribution < -0.4 is 16.2 Å². The fourth-order valence-electron chi connectivity index (χ4n) is 2.38. The van der Waals surface area contributed by atoms with E-state index in [1.165, 1.54) is 0 Å². The van der Waals surface area contributed by atoms with Crippen molar-refractivity contribution in [3.8, 4) is 0 Å². The molecule has 1 amide bonds. The predicted octanol–water partition coefficient (Wildman–Crippen LogP) is 3.26. The number of nitrogens with two attached hydrogens (primary N) is 1. The molecule has 0 fully saturated rings. The molecule has 110 valence electrons.